The van der Waals surface area contributed by atoms with Crippen LogP contribution in [0.25, 0.3) is 0 Å². The molecule has 4 saturated carbocycles. The highest BCUT2D eigenvalue weighted by Crippen LogP contribution is 2.75. The van der Waals surface area contributed by atoms with Gasteiger partial charge in [-0.2, -0.15) is 0 Å². The summed E-state index contributed by atoms with van der Waals surface area (Å²) in [7, 11) is 0. The first-order valence-corrected chi connectivity index (χ1v) is 26.4. The van der Waals surface area contributed by atoms with Gasteiger partial charge in [0.1, 0.15) is 85.5 Å². The number of aliphatic hydroxyl groups excluding tert-OH is 12. The van der Waals surface area contributed by atoms with Gasteiger partial charge in [-0.25, -0.2) is 0 Å². The molecule has 21 nitrogen and oxygen atoms in total. The number of aliphatic hydroxyl groups is 12. The Balaban J connectivity index is 0.910. The lowest BCUT2D eigenvalue weighted by atomic mass is 9.34. The Morgan fingerprint density at radius 2 is 1.33 bits per heavy atom. The summed E-state index contributed by atoms with van der Waals surface area (Å²) in [6.07, 6.45) is -19.8. The topological polar surface area (TPSA) is 334 Å². The third-order valence-corrected chi connectivity index (χ3v) is 20.4. The van der Waals surface area contributed by atoms with Crippen LogP contribution in [0.1, 0.15) is 106 Å². The summed E-state index contributed by atoms with van der Waals surface area (Å²) in [5, 5.41) is 127. The quantitative estimate of drug-likeness (QED) is 0.0721. The van der Waals surface area contributed by atoms with Gasteiger partial charge in [-0.05, 0) is 105 Å². The predicted molar refractivity (Wildman–Crippen MR) is 251 cm³/mol. The summed E-state index contributed by atoms with van der Waals surface area (Å²) in [6, 6.07) is 0. The molecular weight excluding hydrogens is 961 g/mol. The molecule has 27 atom stereocenters. The molecule has 27 unspecified atom stereocenters. The van der Waals surface area contributed by atoms with Crippen LogP contribution in [0.15, 0.2) is 23.8 Å². The van der Waals surface area contributed by atoms with E-state index in [0.29, 0.717) is 38.5 Å². The summed E-state index contributed by atoms with van der Waals surface area (Å²) >= 11 is 0. The first-order chi connectivity index (χ1) is 34.2. The summed E-state index contributed by atoms with van der Waals surface area (Å²) in [5.41, 5.74) is 0.102. The Labute approximate surface area is 426 Å². The standard InChI is InChI=1S/C52H82O21/c1-22-10-15-52(47(65)73-45-41(64)38(61)35(58)28(70-45)21-67-43-39(62)37(60)34(57)27(19-53)69-43)17-16-50(6)24(25(52)18-22)8-9-30-49(5)13-12-31(48(3,4)29(49)11-14-51(30,50)7)71-46-42(33(56)26(54)20-66-46)72-44-40(63)36(59)32(55)23(2)68-44/h8,23,25-46,53-64H,1,9-21H2,2-7H3. The molecule has 416 valence electrons. The van der Waals surface area contributed by atoms with E-state index in [1.165, 1.54) is 12.5 Å². The third-order valence-electron chi connectivity index (χ3n) is 20.4. The molecule has 12 N–H and O–H groups in total. The second-order valence-electron chi connectivity index (χ2n) is 24.4. The maximum atomic E-state index is 14.9. The van der Waals surface area contributed by atoms with Crippen molar-refractivity contribution in [3.05, 3.63) is 23.8 Å². The minimum atomic E-state index is -1.83. The van der Waals surface area contributed by atoms with Gasteiger partial charge in [0.2, 0.25) is 6.29 Å². The molecule has 4 aliphatic heterocycles. The highest BCUT2D eigenvalue weighted by Gasteiger charge is 2.70. The predicted octanol–water partition coefficient (Wildman–Crippen LogP) is -0.839. The molecule has 0 radical (unpaired) electrons. The van der Waals surface area contributed by atoms with E-state index in [1.54, 1.807) is 0 Å². The Kier molecular flexibility index (Phi) is 15.7. The zero-order chi connectivity index (χ0) is 53.1. The van der Waals surface area contributed by atoms with Gasteiger partial charge >= 0.3 is 5.97 Å². The van der Waals surface area contributed by atoms with Crippen LogP contribution >= 0.6 is 0 Å². The van der Waals surface area contributed by atoms with E-state index < -0.39 is 147 Å². The Morgan fingerprint density at radius 1 is 0.685 bits per heavy atom. The summed E-state index contributed by atoms with van der Waals surface area (Å²) in [5.74, 6) is -0.444. The molecule has 0 spiro atoms. The third kappa shape index (κ3) is 9.12. The van der Waals surface area contributed by atoms with Gasteiger partial charge in [0, 0.05) is 5.92 Å². The van der Waals surface area contributed by atoms with Crippen molar-refractivity contribution in [1.82, 2.24) is 0 Å². The van der Waals surface area contributed by atoms with Gasteiger partial charge in [-0.15, -0.1) is 0 Å². The minimum absolute atomic E-state index is 0.153. The Morgan fingerprint density at radius 3 is 2.03 bits per heavy atom. The van der Waals surface area contributed by atoms with Crippen LogP contribution in [0.4, 0.5) is 0 Å². The number of allylic oxidation sites excluding steroid dienone is 3. The smallest absolute Gasteiger partial charge is 0.315 e. The first kappa shape index (κ1) is 55.9. The minimum Gasteiger partial charge on any atom is -0.432 e. The van der Waals surface area contributed by atoms with E-state index in [0.717, 1.165) is 31.3 Å². The van der Waals surface area contributed by atoms with Crippen molar-refractivity contribution < 1.29 is 104 Å². The highest BCUT2D eigenvalue weighted by molar-refractivity contribution is 5.79. The molecule has 9 rings (SSSR count). The average Bonchev–Trinajstić information content (AvgIpc) is 3.35. The van der Waals surface area contributed by atoms with Gasteiger partial charge in [-0.3, -0.25) is 4.79 Å². The van der Waals surface area contributed by atoms with Gasteiger partial charge in [0.05, 0.1) is 37.4 Å². The fraction of sp³-hybridized carbons (Fsp3) is 0.904. The average molecular weight is 1040 g/mol. The molecule has 4 saturated heterocycles. The molecule has 0 amide bonds. The molecule has 9 aliphatic rings. The van der Waals surface area contributed by atoms with E-state index >= 15 is 0 Å². The van der Waals surface area contributed by atoms with Crippen molar-refractivity contribution in [2.24, 2.45) is 44.8 Å². The second-order valence-corrected chi connectivity index (χ2v) is 24.4. The fourth-order valence-electron chi connectivity index (χ4n) is 15.6. The van der Waals surface area contributed by atoms with Crippen molar-refractivity contribution >= 4 is 5.97 Å². The summed E-state index contributed by atoms with van der Waals surface area (Å²) in [4.78, 5) is 14.9. The van der Waals surface area contributed by atoms with Crippen molar-refractivity contribution in [1.29, 1.82) is 0 Å². The van der Waals surface area contributed by atoms with Gasteiger partial charge in [-0.1, -0.05) is 58.4 Å². The van der Waals surface area contributed by atoms with Crippen LogP contribution in [-0.2, 0) is 42.7 Å². The highest BCUT2D eigenvalue weighted by atomic mass is 16.8. The van der Waals surface area contributed by atoms with E-state index in [9.17, 15) is 66.1 Å². The molecule has 0 aromatic heterocycles. The maximum absolute atomic E-state index is 14.9. The largest absolute Gasteiger partial charge is 0.432 e. The van der Waals surface area contributed by atoms with Crippen LogP contribution in [-0.4, -0.2) is 210 Å². The maximum Gasteiger partial charge on any atom is 0.315 e. The van der Waals surface area contributed by atoms with E-state index in [1.807, 2.05) is 0 Å². The molecule has 8 fully saturated rings. The molecule has 73 heavy (non-hydrogen) atoms. The number of carbonyl (C=O) groups excluding carboxylic acids is 1. The SMILES string of the molecule is C=C1CCC2(C(=O)OC3OC(COC4OC(CO)C(O)C(O)C4O)C(O)C(O)C3O)CCC3(C)C(=CCC4C5(C)CCC(OC6OCC(O)C(O)C6OC6OC(C)C(O)C(O)C6O)C(C)(C)C5CCC43C)C2C1. The van der Waals surface area contributed by atoms with Crippen molar-refractivity contribution in [2.75, 3.05) is 19.8 Å². The summed E-state index contributed by atoms with van der Waals surface area (Å²) < 4.78 is 47.6. The van der Waals surface area contributed by atoms with Gasteiger partial charge in [0.25, 0.3) is 0 Å². The zero-order valence-electron chi connectivity index (χ0n) is 42.8. The molecule has 21 heteroatoms. The fourth-order valence-corrected chi connectivity index (χ4v) is 15.6. The van der Waals surface area contributed by atoms with Crippen LogP contribution in [0.3, 0.4) is 0 Å². The number of hydrogen-bond donors (Lipinski definition) is 12. The lowest BCUT2D eigenvalue weighted by molar-refractivity contribution is -0.364. The second kappa shape index (κ2) is 20.4. The Hall–Kier alpha value is -1.81. The molecule has 4 heterocycles. The van der Waals surface area contributed by atoms with Crippen LogP contribution in [0.2, 0.25) is 0 Å². The zero-order valence-corrected chi connectivity index (χ0v) is 42.8. The van der Waals surface area contributed by atoms with Gasteiger partial charge < -0.3 is 99.2 Å². The van der Waals surface area contributed by atoms with Gasteiger partial charge in [0.15, 0.2) is 18.9 Å². The summed E-state index contributed by atoms with van der Waals surface area (Å²) in [6.45, 7) is 16.0. The van der Waals surface area contributed by atoms with Crippen LogP contribution < -0.4 is 0 Å². The van der Waals surface area contributed by atoms with E-state index in [2.05, 4.69) is 47.3 Å². The Bertz CT molecular complexity index is 2040. The van der Waals surface area contributed by atoms with E-state index in [4.69, 9.17) is 37.9 Å². The number of ether oxygens (including phenoxy) is 8. The normalized spacial score (nSPS) is 54.0. The number of rotatable bonds is 10. The first-order valence-electron chi connectivity index (χ1n) is 26.4. The molecule has 0 bridgehead atoms. The van der Waals surface area contributed by atoms with Crippen molar-refractivity contribution in [3.8, 4) is 0 Å². The molecule has 0 aromatic carbocycles. The number of carbonyl (C=O) groups is 1. The lowest BCUT2D eigenvalue weighted by Gasteiger charge is -2.71. The lowest BCUT2D eigenvalue weighted by Crippen LogP contribution is -2.66. The van der Waals surface area contributed by atoms with Crippen molar-refractivity contribution in [3.63, 3.8) is 0 Å². The molecule has 0 aromatic rings. The number of esters is 1. The molecular formula is C52H82O21. The number of hydrogen-bond acceptors (Lipinski definition) is 21. The number of fused-ring (bicyclic) bond motifs is 7. The van der Waals surface area contributed by atoms with Crippen LogP contribution in [0, 0.1) is 44.8 Å². The van der Waals surface area contributed by atoms with Crippen LogP contribution in [0.5, 0.6) is 0 Å². The van der Waals surface area contributed by atoms with E-state index in [-0.39, 0.29) is 46.7 Å². The monoisotopic (exact) mass is 1040 g/mol. The molecule has 5 aliphatic carbocycles. The van der Waals surface area contributed by atoms with Crippen molar-refractivity contribution in [2.45, 2.75) is 229 Å².